The number of amides is 1. The largest absolute Gasteiger partial charge is 0.372 e. The van der Waals surface area contributed by atoms with Gasteiger partial charge < -0.3 is 10.2 Å². The van der Waals surface area contributed by atoms with Crippen LogP contribution >= 0.6 is 11.6 Å². The second-order valence-electron chi connectivity index (χ2n) is 7.49. The summed E-state index contributed by atoms with van der Waals surface area (Å²) in [6.45, 7) is 6.03. The van der Waals surface area contributed by atoms with Crippen molar-refractivity contribution in [3.8, 4) is 5.69 Å². The van der Waals surface area contributed by atoms with E-state index in [-0.39, 0.29) is 5.91 Å². The van der Waals surface area contributed by atoms with Gasteiger partial charge in [0.25, 0.3) is 5.91 Å². The van der Waals surface area contributed by atoms with Crippen LogP contribution in [0.15, 0.2) is 48.5 Å². The van der Waals surface area contributed by atoms with Crippen LogP contribution in [-0.4, -0.2) is 28.8 Å². The summed E-state index contributed by atoms with van der Waals surface area (Å²) in [7, 11) is 0. The van der Waals surface area contributed by atoms with E-state index < -0.39 is 0 Å². The van der Waals surface area contributed by atoms with Gasteiger partial charge in [0.05, 0.1) is 22.1 Å². The standard InChI is InChI=1S/C23H25ClN4O/c1-16-22(24)17(2)28(26-16)21-10-6-18(7-11-21)23(29)25-19-8-12-20(13-9-19)27-14-4-3-5-15-27/h6-13H,3-5,14-15H2,1-2H3,(H,25,29). The van der Waals surface area contributed by atoms with Gasteiger partial charge in [0, 0.05) is 30.0 Å². The van der Waals surface area contributed by atoms with Crippen molar-refractivity contribution in [3.63, 3.8) is 0 Å². The molecule has 3 aromatic rings. The van der Waals surface area contributed by atoms with Gasteiger partial charge in [0.15, 0.2) is 0 Å². The van der Waals surface area contributed by atoms with Crippen molar-refractivity contribution in [1.82, 2.24) is 9.78 Å². The van der Waals surface area contributed by atoms with E-state index in [0.29, 0.717) is 10.6 Å². The summed E-state index contributed by atoms with van der Waals surface area (Å²) in [5.41, 5.74) is 5.16. The van der Waals surface area contributed by atoms with Gasteiger partial charge >= 0.3 is 0 Å². The molecule has 1 N–H and O–H groups in total. The molecule has 0 atom stereocenters. The summed E-state index contributed by atoms with van der Waals surface area (Å²) < 4.78 is 1.79. The summed E-state index contributed by atoms with van der Waals surface area (Å²) in [6, 6.07) is 15.5. The number of hydrogen-bond donors (Lipinski definition) is 1. The van der Waals surface area contributed by atoms with Crippen LogP contribution < -0.4 is 10.2 Å². The zero-order chi connectivity index (χ0) is 20.4. The number of halogens is 1. The van der Waals surface area contributed by atoms with Crippen molar-refractivity contribution in [2.45, 2.75) is 33.1 Å². The number of nitrogens with one attached hydrogen (secondary N) is 1. The van der Waals surface area contributed by atoms with E-state index in [4.69, 9.17) is 11.6 Å². The van der Waals surface area contributed by atoms with Crippen molar-refractivity contribution >= 4 is 28.9 Å². The van der Waals surface area contributed by atoms with E-state index >= 15 is 0 Å². The lowest BCUT2D eigenvalue weighted by molar-refractivity contribution is 0.102. The van der Waals surface area contributed by atoms with Crippen molar-refractivity contribution in [1.29, 1.82) is 0 Å². The molecule has 0 radical (unpaired) electrons. The van der Waals surface area contributed by atoms with Crippen LogP contribution in [0.3, 0.4) is 0 Å². The van der Waals surface area contributed by atoms with Gasteiger partial charge in [0.1, 0.15) is 0 Å². The van der Waals surface area contributed by atoms with Crippen LogP contribution in [0.1, 0.15) is 41.0 Å². The van der Waals surface area contributed by atoms with Crippen LogP contribution in [0.5, 0.6) is 0 Å². The first-order valence-corrected chi connectivity index (χ1v) is 10.4. The van der Waals surface area contributed by atoms with Crippen LogP contribution in [0.25, 0.3) is 5.69 Å². The Kier molecular flexibility index (Phi) is 5.58. The number of aryl methyl sites for hydroxylation is 1. The molecular weight excluding hydrogens is 384 g/mol. The Bertz CT molecular complexity index is 1000. The van der Waals surface area contributed by atoms with Gasteiger partial charge in [-0.05, 0) is 81.6 Å². The van der Waals surface area contributed by atoms with E-state index in [1.54, 1.807) is 16.8 Å². The maximum absolute atomic E-state index is 12.6. The number of rotatable bonds is 4. The number of carbonyl (C=O) groups is 1. The molecule has 0 bridgehead atoms. The van der Waals surface area contributed by atoms with Gasteiger partial charge in [0.2, 0.25) is 0 Å². The van der Waals surface area contributed by atoms with Crippen molar-refractivity contribution in [2.24, 2.45) is 0 Å². The Balaban J connectivity index is 1.43. The summed E-state index contributed by atoms with van der Waals surface area (Å²) in [5, 5.41) is 8.09. The fourth-order valence-electron chi connectivity index (χ4n) is 3.74. The van der Waals surface area contributed by atoms with Crippen LogP contribution in [0.4, 0.5) is 11.4 Å². The molecular formula is C23H25ClN4O. The molecule has 0 saturated carbocycles. The first-order chi connectivity index (χ1) is 14.0. The number of hydrogen-bond acceptors (Lipinski definition) is 3. The summed E-state index contributed by atoms with van der Waals surface area (Å²) in [4.78, 5) is 15.0. The molecule has 0 aliphatic carbocycles. The second-order valence-corrected chi connectivity index (χ2v) is 7.87. The quantitative estimate of drug-likeness (QED) is 0.630. The van der Waals surface area contributed by atoms with Gasteiger partial charge in [-0.25, -0.2) is 4.68 Å². The average Bonchev–Trinajstić information content (AvgIpc) is 3.02. The lowest BCUT2D eigenvalue weighted by Gasteiger charge is -2.28. The van der Waals surface area contributed by atoms with Crippen molar-refractivity contribution < 1.29 is 4.79 Å². The lowest BCUT2D eigenvalue weighted by Crippen LogP contribution is -2.29. The summed E-state index contributed by atoms with van der Waals surface area (Å²) in [5.74, 6) is -0.131. The molecule has 6 heteroatoms. The maximum Gasteiger partial charge on any atom is 0.255 e. The number of nitrogens with zero attached hydrogens (tertiary/aromatic N) is 3. The molecule has 29 heavy (non-hydrogen) atoms. The topological polar surface area (TPSA) is 50.2 Å². The second kappa shape index (κ2) is 8.29. The van der Waals surface area contributed by atoms with Gasteiger partial charge in [-0.3, -0.25) is 4.79 Å². The normalized spacial score (nSPS) is 14.1. The fraction of sp³-hybridized carbons (Fsp3) is 0.304. The molecule has 2 aromatic carbocycles. The van der Waals surface area contributed by atoms with Crippen LogP contribution in [0, 0.1) is 13.8 Å². The highest BCUT2D eigenvalue weighted by Crippen LogP contribution is 2.24. The third-order valence-corrected chi connectivity index (χ3v) is 5.97. The number of piperidine rings is 1. The minimum Gasteiger partial charge on any atom is -0.372 e. The third kappa shape index (κ3) is 4.15. The first kappa shape index (κ1) is 19.5. The molecule has 150 valence electrons. The maximum atomic E-state index is 12.6. The molecule has 0 spiro atoms. The minimum atomic E-state index is -0.131. The molecule has 1 aliphatic rings. The third-order valence-electron chi connectivity index (χ3n) is 5.42. The number of benzene rings is 2. The SMILES string of the molecule is Cc1nn(-c2ccc(C(=O)Nc3ccc(N4CCCCC4)cc3)cc2)c(C)c1Cl. The van der Waals surface area contributed by atoms with E-state index in [2.05, 4.69) is 27.4 Å². The zero-order valence-electron chi connectivity index (χ0n) is 16.8. The highest BCUT2D eigenvalue weighted by molar-refractivity contribution is 6.31. The number of carbonyl (C=O) groups excluding carboxylic acids is 1. The highest BCUT2D eigenvalue weighted by Gasteiger charge is 2.13. The smallest absolute Gasteiger partial charge is 0.255 e. The van der Waals surface area contributed by atoms with E-state index in [1.807, 2.05) is 38.1 Å². The average molecular weight is 409 g/mol. The number of anilines is 2. The van der Waals surface area contributed by atoms with Gasteiger partial charge in [-0.2, -0.15) is 5.10 Å². The molecule has 1 fully saturated rings. The zero-order valence-corrected chi connectivity index (χ0v) is 17.5. The molecule has 5 nitrogen and oxygen atoms in total. The van der Waals surface area contributed by atoms with Gasteiger partial charge in [-0.15, -0.1) is 0 Å². The Morgan fingerprint density at radius 2 is 1.55 bits per heavy atom. The Hall–Kier alpha value is -2.79. The first-order valence-electron chi connectivity index (χ1n) is 10.0. The van der Waals surface area contributed by atoms with Crippen molar-refractivity contribution in [3.05, 3.63) is 70.5 Å². The Morgan fingerprint density at radius 1 is 0.931 bits per heavy atom. The van der Waals surface area contributed by atoms with Crippen LogP contribution in [-0.2, 0) is 0 Å². The fourth-order valence-corrected chi connectivity index (χ4v) is 3.86. The predicted molar refractivity (Wildman–Crippen MR) is 119 cm³/mol. The van der Waals surface area contributed by atoms with E-state index in [9.17, 15) is 4.79 Å². The van der Waals surface area contributed by atoms with Crippen LogP contribution in [0.2, 0.25) is 5.02 Å². The molecule has 4 rings (SSSR count). The molecule has 0 unspecified atom stereocenters. The van der Waals surface area contributed by atoms with E-state index in [1.165, 1.54) is 24.9 Å². The number of aromatic nitrogens is 2. The monoisotopic (exact) mass is 408 g/mol. The molecule has 2 heterocycles. The van der Waals surface area contributed by atoms with Gasteiger partial charge in [-0.1, -0.05) is 11.6 Å². The Labute approximate surface area is 176 Å². The molecule has 1 aliphatic heterocycles. The van der Waals surface area contributed by atoms with E-state index in [0.717, 1.165) is 35.9 Å². The van der Waals surface area contributed by atoms with Crippen molar-refractivity contribution in [2.75, 3.05) is 23.3 Å². The predicted octanol–water partition coefficient (Wildman–Crippen LogP) is 5.39. The summed E-state index contributed by atoms with van der Waals surface area (Å²) in [6.07, 6.45) is 3.81. The lowest BCUT2D eigenvalue weighted by atomic mass is 10.1. The molecule has 1 saturated heterocycles. The Morgan fingerprint density at radius 3 is 2.14 bits per heavy atom. The highest BCUT2D eigenvalue weighted by atomic mass is 35.5. The molecule has 1 aromatic heterocycles. The molecule has 1 amide bonds. The minimum absolute atomic E-state index is 0.131. The summed E-state index contributed by atoms with van der Waals surface area (Å²) >= 11 is 6.23.